The van der Waals surface area contributed by atoms with Gasteiger partial charge in [-0.2, -0.15) is 0 Å². The molecule has 1 radical (unpaired) electrons. The van der Waals surface area contributed by atoms with E-state index in [2.05, 4.69) is 193 Å². The van der Waals surface area contributed by atoms with Gasteiger partial charge in [0.15, 0.2) is 0 Å². The molecular weight excluding hydrogens is 985 g/mol. The molecule has 12 rings (SSSR count). The first-order valence-corrected chi connectivity index (χ1v) is 22.4. The van der Waals surface area contributed by atoms with Gasteiger partial charge < -0.3 is 18.5 Å². The number of aromatic nitrogens is 4. The minimum atomic E-state index is 0. The van der Waals surface area contributed by atoms with Crippen molar-refractivity contribution in [3.05, 3.63) is 218 Å². The number of pyridine rings is 1. The Morgan fingerprint density at radius 3 is 1.80 bits per heavy atom. The Morgan fingerprint density at radius 1 is 0.545 bits per heavy atom. The number of rotatable bonds is 7. The molecule has 0 aliphatic carbocycles. The van der Waals surface area contributed by atoms with Gasteiger partial charge in [-0.25, -0.2) is 0 Å². The number of benzene rings is 8. The van der Waals surface area contributed by atoms with Crippen molar-refractivity contribution in [3.8, 4) is 45.1 Å². The molecule has 4 heterocycles. The third kappa shape index (κ3) is 7.43. The second-order valence-corrected chi connectivity index (χ2v) is 17.2. The van der Waals surface area contributed by atoms with Crippen molar-refractivity contribution in [2.24, 2.45) is 0 Å². The summed E-state index contributed by atoms with van der Waals surface area (Å²) in [4.78, 5) is 9.64. The zero-order valence-electron chi connectivity index (χ0n) is 37.2. The van der Waals surface area contributed by atoms with Gasteiger partial charge in [0, 0.05) is 59.2 Å². The molecule has 0 unspecified atom stereocenters. The molecule has 66 heavy (non-hydrogen) atoms. The summed E-state index contributed by atoms with van der Waals surface area (Å²) in [6.45, 7) is 9.17. The predicted octanol–water partition coefficient (Wildman–Crippen LogP) is 15.9. The van der Waals surface area contributed by atoms with E-state index in [1.807, 2.05) is 48.5 Å². The number of hydrogen-bond donors (Lipinski definition) is 0. The number of furan rings is 1. The SMILES string of the molecule is CC(C)c1cc(-c2ccccc2)cc(C(C)C)c1-n1c(-c2[c-]cc(-n3c4ccccc4c4ccccc43)c3c2oc2ccccc23)nc2ccccc21.[Ir].[c-]1ccccc1-c1ccccn1. The molecule has 0 bridgehead atoms. The maximum atomic E-state index is 6.92. The first kappa shape index (κ1) is 42.6. The monoisotopic (exact) mass is 1030 g/mol. The summed E-state index contributed by atoms with van der Waals surface area (Å²) in [5, 5.41) is 4.55. The van der Waals surface area contributed by atoms with Crippen LogP contribution in [0.4, 0.5) is 0 Å². The van der Waals surface area contributed by atoms with Crippen molar-refractivity contribution in [1.82, 2.24) is 19.1 Å². The van der Waals surface area contributed by atoms with Crippen molar-refractivity contribution in [1.29, 1.82) is 0 Å². The Hall–Kier alpha value is -7.37. The molecule has 8 aromatic carbocycles. The van der Waals surface area contributed by atoms with E-state index in [-0.39, 0.29) is 31.9 Å². The normalized spacial score (nSPS) is 11.5. The minimum Gasteiger partial charge on any atom is -0.500 e. The Kier molecular flexibility index (Phi) is 11.5. The fourth-order valence-electron chi connectivity index (χ4n) is 9.39. The van der Waals surface area contributed by atoms with Gasteiger partial charge in [-0.1, -0.05) is 142 Å². The Labute approximate surface area is 398 Å². The molecule has 0 spiro atoms. The maximum absolute atomic E-state index is 6.92. The van der Waals surface area contributed by atoms with Crippen LogP contribution in [-0.2, 0) is 20.1 Å². The van der Waals surface area contributed by atoms with Gasteiger partial charge in [-0.3, -0.25) is 4.98 Å². The molecule has 0 N–H and O–H groups in total. The van der Waals surface area contributed by atoms with Crippen molar-refractivity contribution in [2.75, 3.05) is 0 Å². The number of nitrogens with zero attached hydrogens (tertiary/aromatic N) is 4. The third-order valence-corrected chi connectivity index (χ3v) is 12.4. The molecule has 0 atom stereocenters. The largest absolute Gasteiger partial charge is 0.500 e. The van der Waals surface area contributed by atoms with Gasteiger partial charge in [0.25, 0.3) is 0 Å². The molecule has 0 amide bonds. The van der Waals surface area contributed by atoms with Crippen LogP contribution in [0.25, 0.3) is 99.9 Å². The molecule has 323 valence electrons. The van der Waals surface area contributed by atoms with E-state index < -0.39 is 0 Å². The molecule has 4 aromatic heterocycles. The average molecular weight is 1030 g/mol. The van der Waals surface area contributed by atoms with Crippen LogP contribution in [0.15, 0.2) is 199 Å². The van der Waals surface area contributed by atoms with E-state index in [1.165, 1.54) is 38.7 Å². The molecule has 6 heteroatoms. The zero-order chi connectivity index (χ0) is 44.0. The van der Waals surface area contributed by atoms with Crippen LogP contribution in [0.3, 0.4) is 0 Å². The second kappa shape index (κ2) is 17.9. The summed E-state index contributed by atoms with van der Waals surface area (Å²) in [5.41, 5.74) is 16.0. The summed E-state index contributed by atoms with van der Waals surface area (Å²) in [5.74, 6) is 1.33. The molecule has 0 fully saturated rings. The van der Waals surface area contributed by atoms with Crippen molar-refractivity contribution < 1.29 is 24.5 Å². The fourth-order valence-corrected chi connectivity index (χ4v) is 9.39. The number of fused-ring (bicyclic) bond motifs is 7. The third-order valence-electron chi connectivity index (χ3n) is 12.4. The molecule has 0 saturated carbocycles. The van der Waals surface area contributed by atoms with E-state index in [9.17, 15) is 0 Å². The van der Waals surface area contributed by atoms with Crippen LogP contribution in [0.1, 0.15) is 50.7 Å². The minimum absolute atomic E-state index is 0. The van der Waals surface area contributed by atoms with E-state index in [4.69, 9.17) is 9.40 Å². The fraction of sp³-hybridized carbons (Fsp3) is 0.100. The van der Waals surface area contributed by atoms with Gasteiger partial charge in [0.2, 0.25) is 0 Å². The molecule has 12 aromatic rings. The van der Waals surface area contributed by atoms with Gasteiger partial charge in [0.05, 0.1) is 22.4 Å². The zero-order valence-corrected chi connectivity index (χ0v) is 39.6. The van der Waals surface area contributed by atoms with E-state index in [0.717, 1.165) is 72.3 Å². The first-order chi connectivity index (χ1) is 31.9. The predicted molar refractivity (Wildman–Crippen MR) is 269 cm³/mol. The van der Waals surface area contributed by atoms with E-state index in [0.29, 0.717) is 0 Å². The standard InChI is InChI=1S/C49H38N3O.C11H8N.Ir/c1-30(2)38-28-33(32-16-6-5-7-17-32)29-39(31(3)4)47(38)52-43-24-14-11-21-40(43)50-49(52)37-26-27-44(46-36-20-10-15-25-45(36)53-48(37)46)51-41-22-12-8-18-34(41)35-19-9-13-23-42(35)51;1-2-6-10(7-3-1)11-8-4-5-9-12-11;/h5-25,27-31H,1-4H3;1-6,8-9H;/q2*-1;. The summed E-state index contributed by atoms with van der Waals surface area (Å²) in [7, 11) is 0. The van der Waals surface area contributed by atoms with Crippen LogP contribution in [0.2, 0.25) is 0 Å². The molecule has 0 aliphatic heterocycles. The van der Waals surface area contributed by atoms with Crippen LogP contribution in [0.5, 0.6) is 0 Å². The quantitative estimate of drug-likeness (QED) is 0.149. The Balaban J connectivity index is 0.000000342. The topological polar surface area (TPSA) is 48.8 Å². The first-order valence-electron chi connectivity index (χ1n) is 22.4. The molecule has 5 nitrogen and oxygen atoms in total. The summed E-state index contributed by atoms with van der Waals surface area (Å²) in [6, 6.07) is 72.4. The summed E-state index contributed by atoms with van der Waals surface area (Å²) >= 11 is 0. The van der Waals surface area contributed by atoms with E-state index >= 15 is 0 Å². The van der Waals surface area contributed by atoms with Gasteiger partial charge >= 0.3 is 0 Å². The van der Waals surface area contributed by atoms with Gasteiger partial charge in [0.1, 0.15) is 5.58 Å². The summed E-state index contributed by atoms with van der Waals surface area (Å²) in [6.07, 6.45) is 1.79. The van der Waals surface area contributed by atoms with Crippen LogP contribution >= 0.6 is 0 Å². The number of hydrogen-bond acceptors (Lipinski definition) is 3. The maximum Gasteiger partial charge on any atom is 0.121 e. The molecular formula is C60H46IrN4O-2. The van der Waals surface area contributed by atoms with Gasteiger partial charge in [-0.15, -0.1) is 48.0 Å². The smallest absolute Gasteiger partial charge is 0.121 e. The second-order valence-electron chi connectivity index (χ2n) is 17.2. The van der Waals surface area contributed by atoms with Crippen molar-refractivity contribution in [3.63, 3.8) is 0 Å². The van der Waals surface area contributed by atoms with Crippen molar-refractivity contribution in [2.45, 2.75) is 39.5 Å². The van der Waals surface area contributed by atoms with Crippen molar-refractivity contribution >= 4 is 54.8 Å². The summed E-state index contributed by atoms with van der Waals surface area (Å²) < 4.78 is 11.7. The average Bonchev–Trinajstić information content (AvgIpc) is 4.05. The van der Waals surface area contributed by atoms with Crippen LogP contribution in [-0.4, -0.2) is 19.1 Å². The Bertz CT molecular complexity index is 3540. The Morgan fingerprint density at radius 2 is 1.15 bits per heavy atom. The van der Waals surface area contributed by atoms with Crippen LogP contribution in [0, 0.1) is 12.1 Å². The molecule has 0 aliphatic rings. The van der Waals surface area contributed by atoms with Crippen LogP contribution < -0.4 is 0 Å². The number of imidazole rings is 1. The molecule has 0 saturated heterocycles. The number of para-hydroxylation sites is 5. The van der Waals surface area contributed by atoms with E-state index in [1.54, 1.807) is 6.20 Å². The van der Waals surface area contributed by atoms with Gasteiger partial charge in [-0.05, 0) is 99.4 Å².